The van der Waals surface area contributed by atoms with Crippen LogP contribution in [0.25, 0.3) is 0 Å². The molecule has 1 amide bonds. The van der Waals surface area contributed by atoms with Gasteiger partial charge in [0.25, 0.3) is 5.91 Å². The minimum absolute atomic E-state index is 0.0321. The van der Waals surface area contributed by atoms with Crippen molar-refractivity contribution in [1.82, 2.24) is 14.9 Å². The smallest absolute Gasteiger partial charge is 0.289 e. The second kappa shape index (κ2) is 3.60. The molecule has 0 bridgehead atoms. The summed E-state index contributed by atoms with van der Waals surface area (Å²) in [7, 11) is 0. The third-order valence-electron chi connectivity index (χ3n) is 2.34. The second-order valence-electron chi connectivity index (χ2n) is 3.29. The fourth-order valence-corrected chi connectivity index (χ4v) is 1.63. The summed E-state index contributed by atoms with van der Waals surface area (Å²) in [6.07, 6.45) is 6.76. The Kier molecular flexibility index (Phi) is 2.29. The summed E-state index contributed by atoms with van der Waals surface area (Å²) in [5.41, 5.74) is 0. The van der Waals surface area contributed by atoms with Gasteiger partial charge in [0.15, 0.2) is 5.82 Å². The summed E-state index contributed by atoms with van der Waals surface area (Å²) in [5.74, 6) is 0.492. The highest BCUT2D eigenvalue weighted by atomic mass is 16.2. The Labute approximate surface area is 77.0 Å². The molecule has 0 aromatic carbocycles. The summed E-state index contributed by atoms with van der Waals surface area (Å²) >= 11 is 0. The van der Waals surface area contributed by atoms with Crippen LogP contribution in [0.3, 0.4) is 0 Å². The number of amides is 1. The molecule has 1 fully saturated rings. The van der Waals surface area contributed by atoms with E-state index in [9.17, 15) is 4.79 Å². The maximum Gasteiger partial charge on any atom is 0.289 e. The van der Waals surface area contributed by atoms with Crippen LogP contribution in [0.5, 0.6) is 0 Å². The van der Waals surface area contributed by atoms with Gasteiger partial charge < -0.3 is 9.88 Å². The number of aromatic nitrogens is 2. The van der Waals surface area contributed by atoms with Crippen LogP contribution in [0, 0.1) is 0 Å². The molecule has 1 N–H and O–H groups in total. The van der Waals surface area contributed by atoms with Gasteiger partial charge in [-0.05, 0) is 19.3 Å². The molecular formula is C9H13N3O. The van der Waals surface area contributed by atoms with E-state index in [0.29, 0.717) is 5.82 Å². The van der Waals surface area contributed by atoms with Crippen LogP contribution >= 0.6 is 0 Å². The molecule has 0 atom stereocenters. The van der Waals surface area contributed by atoms with E-state index in [1.807, 2.05) is 4.90 Å². The molecule has 1 aliphatic rings. The molecule has 2 heterocycles. The Morgan fingerprint density at radius 3 is 2.77 bits per heavy atom. The fraction of sp³-hybridized carbons (Fsp3) is 0.556. The Hall–Kier alpha value is -1.32. The maximum absolute atomic E-state index is 11.7. The van der Waals surface area contributed by atoms with Gasteiger partial charge >= 0.3 is 0 Å². The first kappa shape index (κ1) is 8.29. The number of imidazole rings is 1. The molecule has 0 unspecified atom stereocenters. The van der Waals surface area contributed by atoms with E-state index >= 15 is 0 Å². The number of nitrogens with one attached hydrogen (secondary N) is 1. The summed E-state index contributed by atoms with van der Waals surface area (Å²) < 4.78 is 0. The van der Waals surface area contributed by atoms with Crippen molar-refractivity contribution in [3.63, 3.8) is 0 Å². The Bertz CT molecular complexity index is 275. The van der Waals surface area contributed by atoms with Gasteiger partial charge in [-0.15, -0.1) is 0 Å². The van der Waals surface area contributed by atoms with E-state index in [4.69, 9.17) is 0 Å². The van der Waals surface area contributed by atoms with Crippen LogP contribution in [0.1, 0.15) is 29.9 Å². The average Bonchev–Trinajstić information content (AvgIpc) is 2.71. The van der Waals surface area contributed by atoms with E-state index in [2.05, 4.69) is 9.97 Å². The fourth-order valence-electron chi connectivity index (χ4n) is 1.63. The molecule has 70 valence electrons. The highest BCUT2D eigenvalue weighted by Crippen LogP contribution is 2.10. The van der Waals surface area contributed by atoms with Gasteiger partial charge in [-0.3, -0.25) is 4.79 Å². The van der Waals surface area contributed by atoms with Crippen LogP contribution < -0.4 is 0 Å². The lowest BCUT2D eigenvalue weighted by atomic mass is 10.1. The van der Waals surface area contributed by atoms with E-state index in [0.717, 1.165) is 25.9 Å². The minimum atomic E-state index is 0.0321. The molecule has 0 spiro atoms. The predicted octanol–water partition coefficient (Wildman–Crippen LogP) is 1.04. The number of hydrogen-bond acceptors (Lipinski definition) is 2. The third kappa shape index (κ3) is 1.71. The number of carbonyl (C=O) groups excluding carboxylic acids is 1. The Morgan fingerprint density at radius 1 is 1.38 bits per heavy atom. The SMILES string of the molecule is O=C(c1ncc[nH]1)N1CCCCC1. The van der Waals surface area contributed by atoms with Crippen LogP contribution in [-0.4, -0.2) is 33.9 Å². The molecule has 1 saturated heterocycles. The molecule has 0 aliphatic carbocycles. The number of aromatic amines is 1. The molecule has 4 heteroatoms. The Balaban J connectivity index is 2.04. The monoisotopic (exact) mass is 179 g/mol. The van der Waals surface area contributed by atoms with Gasteiger partial charge in [0.2, 0.25) is 0 Å². The average molecular weight is 179 g/mol. The predicted molar refractivity (Wildman–Crippen MR) is 48.3 cm³/mol. The first-order valence-electron chi connectivity index (χ1n) is 4.66. The van der Waals surface area contributed by atoms with Crippen LogP contribution in [0.2, 0.25) is 0 Å². The lowest BCUT2D eigenvalue weighted by molar-refractivity contribution is 0.0713. The molecule has 4 nitrogen and oxygen atoms in total. The van der Waals surface area contributed by atoms with E-state index < -0.39 is 0 Å². The maximum atomic E-state index is 11.7. The minimum Gasteiger partial charge on any atom is -0.341 e. The van der Waals surface area contributed by atoms with Crippen molar-refractivity contribution in [3.8, 4) is 0 Å². The van der Waals surface area contributed by atoms with Gasteiger partial charge in [0.1, 0.15) is 0 Å². The van der Waals surface area contributed by atoms with Gasteiger partial charge in [-0.2, -0.15) is 0 Å². The summed E-state index contributed by atoms with van der Waals surface area (Å²) in [5, 5.41) is 0. The highest BCUT2D eigenvalue weighted by Gasteiger charge is 2.19. The zero-order valence-corrected chi connectivity index (χ0v) is 7.49. The van der Waals surface area contributed by atoms with E-state index in [-0.39, 0.29) is 5.91 Å². The van der Waals surface area contributed by atoms with Gasteiger partial charge in [0.05, 0.1) is 0 Å². The van der Waals surface area contributed by atoms with Gasteiger partial charge in [-0.25, -0.2) is 4.98 Å². The highest BCUT2D eigenvalue weighted by molar-refractivity contribution is 5.90. The number of piperidine rings is 1. The van der Waals surface area contributed by atoms with Crippen molar-refractivity contribution in [2.45, 2.75) is 19.3 Å². The second-order valence-corrected chi connectivity index (χ2v) is 3.29. The molecule has 13 heavy (non-hydrogen) atoms. The van der Waals surface area contributed by atoms with Crippen molar-refractivity contribution in [2.24, 2.45) is 0 Å². The molecule has 2 rings (SSSR count). The number of likely N-dealkylation sites (tertiary alicyclic amines) is 1. The Morgan fingerprint density at radius 2 is 2.15 bits per heavy atom. The lowest BCUT2D eigenvalue weighted by Crippen LogP contribution is -2.36. The molecule has 1 aromatic rings. The van der Waals surface area contributed by atoms with Crippen molar-refractivity contribution >= 4 is 5.91 Å². The largest absolute Gasteiger partial charge is 0.341 e. The number of carbonyl (C=O) groups is 1. The third-order valence-corrected chi connectivity index (χ3v) is 2.34. The molecule has 1 aliphatic heterocycles. The van der Waals surface area contributed by atoms with E-state index in [1.165, 1.54) is 6.42 Å². The van der Waals surface area contributed by atoms with E-state index in [1.54, 1.807) is 12.4 Å². The molecule has 0 radical (unpaired) electrons. The molecule has 1 aromatic heterocycles. The zero-order chi connectivity index (χ0) is 9.10. The molecular weight excluding hydrogens is 166 g/mol. The van der Waals surface area contributed by atoms with Crippen molar-refractivity contribution in [1.29, 1.82) is 0 Å². The quantitative estimate of drug-likeness (QED) is 0.700. The summed E-state index contributed by atoms with van der Waals surface area (Å²) in [4.78, 5) is 20.3. The van der Waals surface area contributed by atoms with Crippen LogP contribution in [-0.2, 0) is 0 Å². The topological polar surface area (TPSA) is 49.0 Å². The van der Waals surface area contributed by atoms with Gasteiger partial charge in [-0.1, -0.05) is 0 Å². The summed E-state index contributed by atoms with van der Waals surface area (Å²) in [6, 6.07) is 0. The zero-order valence-electron chi connectivity index (χ0n) is 7.49. The lowest BCUT2D eigenvalue weighted by Gasteiger charge is -2.25. The normalized spacial score (nSPS) is 17.4. The first-order chi connectivity index (χ1) is 6.38. The number of rotatable bonds is 1. The first-order valence-corrected chi connectivity index (χ1v) is 4.66. The van der Waals surface area contributed by atoms with Crippen LogP contribution in [0.15, 0.2) is 12.4 Å². The van der Waals surface area contributed by atoms with Crippen molar-refractivity contribution in [2.75, 3.05) is 13.1 Å². The molecule has 0 saturated carbocycles. The van der Waals surface area contributed by atoms with Crippen molar-refractivity contribution in [3.05, 3.63) is 18.2 Å². The number of nitrogens with zero attached hydrogens (tertiary/aromatic N) is 2. The van der Waals surface area contributed by atoms with Gasteiger partial charge in [0, 0.05) is 25.5 Å². The van der Waals surface area contributed by atoms with Crippen molar-refractivity contribution < 1.29 is 4.79 Å². The summed E-state index contributed by atoms with van der Waals surface area (Å²) in [6.45, 7) is 1.75. The number of hydrogen-bond donors (Lipinski definition) is 1. The van der Waals surface area contributed by atoms with Crippen LogP contribution in [0.4, 0.5) is 0 Å². The number of H-pyrrole nitrogens is 1. The standard InChI is InChI=1S/C9H13N3O/c13-9(8-10-4-5-11-8)12-6-2-1-3-7-12/h4-5H,1-3,6-7H2,(H,10,11).